The number of carbonyl (C=O) groups is 1. The second kappa shape index (κ2) is 8.03. The summed E-state index contributed by atoms with van der Waals surface area (Å²) >= 11 is 12.0. The van der Waals surface area contributed by atoms with Gasteiger partial charge in [0, 0.05) is 11.8 Å². The fourth-order valence-corrected chi connectivity index (χ4v) is 2.51. The zero-order valence-electron chi connectivity index (χ0n) is 13.7. The Bertz CT molecular complexity index is 933. The fourth-order valence-electron chi connectivity index (χ4n) is 2.16. The summed E-state index contributed by atoms with van der Waals surface area (Å²) in [6.07, 6.45) is 1.31. The Morgan fingerprint density at radius 2 is 1.85 bits per heavy atom. The summed E-state index contributed by atoms with van der Waals surface area (Å²) in [5.74, 6) is 0.804. The van der Waals surface area contributed by atoms with Crippen molar-refractivity contribution in [3.05, 3.63) is 70.6 Å². The number of benzene rings is 2. The molecule has 2 aromatic carbocycles. The molecule has 0 radical (unpaired) electrons. The maximum atomic E-state index is 12.4. The average Bonchev–Trinajstić information content (AvgIpc) is 2.66. The Morgan fingerprint density at radius 3 is 2.58 bits per heavy atom. The first kappa shape index (κ1) is 18.0. The number of nitrogens with zero attached hydrogens (tertiary/aromatic N) is 2. The highest BCUT2D eigenvalue weighted by Gasteiger charge is 2.12. The topological polar surface area (TPSA) is 76.1 Å². The predicted molar refractivity (Wildman–Crippen MR) is 103 cm³/mol. The van der Waals surface area contributed by atoms with Crippen LogP contribution in [0.3, 0.4) is 0 Å². The van der Waals surface area contributed by atoms with E-state index < -0.39 is 5.91 Å². The Morgan fingerprint density at radius 1 is 1.08 bits per heavy atom. The summed E-state index contributed by atoms with van der Waals surface area (Å²) in [6.45, 7) is 0. The molecule has 0 aliphatic heterocycles. The van der Waals surface area contributed by atoms with E-state index in [0.717, 1.165) is 11.4 Å². The lowest BCUT2D eigenvalue weighted by molar-refractivity contribution is 0.102. The molecule has 0 aliphatic carbocycles. The van der Waals surface area contributed by atoms with Gasteiger partial charge in [0.25, 0.3) is 5.91 Å². The molecule has 0 saturated carbocycles. The van der Waals surface area contributed by atoms with Gasteiger partial charge in [-0.15, -0.1) is 0 Å². The zero-order valence-corrected chi connectivity index (χ0v) is 15.2. The zero-order chi connectivity index (χ0) is 18.5. The number of methoxy groups -OCH3 is 1. The molecule has 1 aromatic heterocycles. The van der Waals surface area contributed by atoms with Crippen LogP contribution in [0.15, 0.2) is 54.9 Å². The van der Waals surface area contributed by atoms with Gasteiger partial charge in [0.1, 0.15) is 23.6 Å². The number of ether oxygens (including phenoxy) is 1. The highest BCUT2D eigenvalue weighted by molar-refractivity contribution is 6.44. The van der Waals surface area contributed by atoms with E-state index in [0.29, 0.717) is 16.5 Å². The minimum Gasteiger partial charge on any atom is -0.497 e. The van der Waals surface area contributed by atoms with E-state index in [2.05, 4.69) is 20.6 Å². The lowest BCUT2D eigenvalue weighted by Crippen LogP contribution is -2.14. The Hall–Kier alpha value is -2.83. The molecule has 26 heavy (non-hydrogen) atoms. The molecular formula is C18H14Cl2N4O2. The third-order valence-electron chi connectivity index (χ3n) is 3.46. The monoisotopic (exact) mass is 388 g/mol. The van der Waals surface area contributed by atoms with E-state index in [-0.39, 0.29) is 10.7 Å². The molecule has 3 aromatic rings. The van der Waals surface area contributed by atoms with Crippen LogP contribution in [-0.4, -0.2) is 23.0 Å². The van der Waals surface area contributed by atoms with Crippen LogP contribution < -0.4 is 15.4 Å². The number of aromatic nitrogens is 2. The minimum absolute atomic E-state index is 0.187. The quantitative estimate of drug-likeness (QED) is 0.656. The molecule has 0 spiro atoms. The number of hydrogen-bond acceptors (Lipinski definition) is 5. The Balaban J connectivity index is 1.75. The normalized spacial score (nSPS) is 10.3. The summed E-state index contributed by atoms with van der Waals surface area (Å²) < 4.78 is 5.12. The molecule has 0 aliphatic rings. The van der Waals surface area contributed by atoms with Gasteiger partial charge in [-0.1, -0.05) is 29.3 Å². The van der Waals surface area contributed by atoms with Gasteiger partial charge in [-0.3, -0.25) is 4.79 Å². The van der Waals surface area contributed by atoms with Crippen LogP contribution in [0.5, 0.6) is 5.75 Å². The first-order chi connectivity index (χ1) is 12.6. The van der Waals surface area contributed by atoms with E-state index in [9.17, 15) is 4.79 Å². The van der Waals surface area contributed by atoms with Gasteiger partial charge in [0.2, 0.25) is 0 Å². The molecule has 2 N–H and O–H groups in total. The van der Waals surface area contributed by atoms with Crippen molar-refractivity contribution >= 4 is 46.3 Å². The first-order valence-corrected chi connectivity index (χ1v) is 8.31. The molecule has 6 nitrogen and oxygen atoms in total. The molecule has 3 rings (SSSR count). The second-order valence-corrected chi connectivity index (χ2v) is 5.98. The summed E-state index contributed by atoms with van der Waals surface area (Å²) in [6, 6.07) is 13.8. The van der Waals surface area contributed by atoms with Crippen molar-refractivity contribution in [3.8, 4) is 5.75 Å². The van der Waals surface area contributed by atoms with Crippen LogP contribution in [-0.2, 0) is 0 Å². The molecule has 0 unspecified atom stereocenters. The van der Waals surface area contributed by atoms with Crippen LogP contribution in [0.4, 0.5) is 17.2 Å². The van der Waals surface area contributed by atoms with Gasteiger partial charge in [0.15, 0.2) is 0 Å². The van der Waals surface area contributed by atoms with Gasteiger partial charge in [-0.2, -0.15) is 0 Å². The highest BCUT2D eigenvalue weighted by Crippen LogP contribution is 2.29. The number of anilines is 3. The first-order valence-electron chi connectivity index (χ1n) is 7.55. The van der Waals surface area contributed by atoms with E-state index in [1.54, 1.807) is 25.3 Å². The maximum absolute atomic E-state index is 12.4. The van der Waals surface area contributed by atoms with Crippen molar-refractivity contribution < 1.29 is 9.53 Å². The molecule has 1 heterocycles. The van der Waals surface area contributed by atoms with E-state index in [4.69, 9.17) is 27.9 Å². The smallest absolute Gasteiger partial charge is 0.274 e. The van der Waals surface area contributed by atoms with Gasteiger partial charge >= 0.3 is 0 Å². The van der Waals surface area contributed by atoms with E-state index in [1.807, 2.05) is 24.3 Å². The molecule has 0 fully saturated rings. The molecule has 0 saturated heterocycles. The average molecular weight is 389 g/mol. The summed E-state index contributed by atoms with van der Waals surface area (Å²) in [5, 5.41) is 6.41. The fraction of sp³-hybridized carbons (Fsp3) is 0.0556. The lowest BCUT2D eigenvalue weighted by atomic mass is 10.3. The Labute approximate surface area is 160 Å². The molecule has 0 atom stereocenters. The number of rotatable bonds is 5. The third kappa shape index (κ3) is 4.22. The SMILES string of the molecule is COc1ccc(Nc2cc(C(=O)Nc3cccc(Cl)c3Cl)ncn2)cc1. The number of carbonyl (C=O) groups excluding carboxylic acids is 1. The van der Waals surface area contributed by atoms with Crippen molar-refractivity contribution in [2.24, 2.45) is 0 Å². The number of amides is 1. The highest BCUT2D eigenvalue weighted by atomic mass is 35.5. The summed E-state index contributed by atoms with van der Waals surface area (Å²) in [4.78, 5) is 20.5. The van der Waals surface area contributed by atoms with Crippen LogP contribution in [0.1, 0.15) is 10.5 Å². The van der Waals surface area contributed by atoms with Gasteiger partial charge in [-0.05, 0) is 36.4 Å². The van der Waals surface area contributed by atoms with E-state index in [1.165, 1.54) is 12.4 Å². The maximum Gasteiger partial charge on any atom is 0.274 e. The third-order valence-corrected chi connectivity index (χ3v) is 4.28. The Kier molecular flexibility index (Phi) is 5.55. The number of hydrogen-bond donors (Lipinski definition) is 2. The van der Waals surface area contributed by atoms with Gasteiger partial charge in [-0.25, -0.2) is 9.97 Å². The number of nitrogens with one attached hydrogen (secondary N) is 2. The van der Waals surface area contributed by atoms with Crippen LogP contribution in [0.25, 0.3) is 0 Å². The minimum atomic E-state index is -0.422. The molecule has 132 valence electrons. The van der Waals surface area contributed by atoms with Gasteiger partial charge in [0.05, 0.1) is 22.8 Å². The predicted octanol–water partition coefficient (Wildman–Crippen LogP) is 4.79. The largest absolute Gasteiger partial charge is 0.497 e. The van der Waals surface area contributed by atoms with Gasteiger partial charge < -0.3 is 15.4 Å². The van der Waals surface area contributed by atoms with Crippen molar-refractivity contribution in [3.63, 3.8) is 0 Å². The van der Waals surface area contributed by atoms with Crippen molar-refractivity contribution in [1.29, 1.82) is 0 Å². The summed E-state index contributed by atoms with van der Waals surface area (Å²) in [5.41, 5.74) is 1.40. The van der Waals surface area contributed by atoms with Crippen molar-refractivity contribution in [1.82, 2.24) is 9.97 Å². The lowest BCUT2D eigenvalue weighted by Gasteiger charge is -2.09. The van der Waals surface area contributed by atoms with E-state index >= 15 is 0 Å². The van der Waals surface area contributed by atoms with Crippen molar-refractivity contribution in [2.45, 2.75) is 0 Å². The molecule has 0 bridgehead atoms. The van der Waals surface area contributed by atoms with Crippen LogP contribution in [0, 0.1) is 0 Å². The number of halogens is 2. The molecule has 8 heteroatoms. The van der Waals surface area contributed by atoms with Crippen LogP contribution >= 0.6 is 23.2 Å². The molecular weight excluding hydrogens is 375 g/mol. The van der Waals surface area contributed by atoms with Crippen molar-refractivity contribution in [2.75, 3.05) is 17.7 Å². The molecule has 1 amide bonds. The standard InChI is InChI=1S/C18H14Cl2N4O2/c1-26-12-7-5-11(6-8-12)23-16-9-15(21-10-22-16)18(25)24-14-4-2-3-13(19)17(14)20/h2-10H,1H3,(H,24,25)(H,21,22,23). The van der Waals surface area contributed by atoms with Crippen LogP contribution in [0.2, 0.25) is 10.0 Å². The second-order valence-electron chi connectivity index (χ2n) is 5.20. The summed E-state index contributed by atoms with van der Waals surface area (Å²) in [7, 11) is 1.60.